The lowest BCUT2D eigenvalue weighted by Gasteiger charge is -2.09. The van der Waals surface area contributed by atoms with Gasteiger partial charge in [0.2, 0.25) is 5.91 Å². The first-order valence-corrected chi connectivity index (χ1v) is 4.74. The lowest BCUT2D eigenvalue weighted by molar-refractivity contribution is -0.118. The molecule has 0 atom stereocenters. The van der Waals surface area contributed by atoms with E-state index in [4.69, 9.17) is 10.00 Å². The molecular weight excluding hydrogens is 206 g/mol. The second-order valence-electron chi connectivity index (χ2n) is 3.05. The maximum absolute atomic E-state index is 11.1. The summed E-state index contributed by atoms with van der Waals surface area (Å²) in [4.78, 5) is 11.1. The van der Waals surface area contributed by atoms with Gasteiger partial charge in [-0.1, -0.05) is 0 Å². The van der Waals surface area contributed by atoms with Gasteiger partial charge in [0.15, 0.2) is 0 Å². The number of likely N-dealkylation sites (N-methyl/N-ethyl adjacent to an activating group) is 1. The van der Waals surface area contributed by atoms with E-state index in [9.17, 15) is 4.79 Å². The molecule has 1 aromatic carbocycles. The van der Waals surface area contributed by atoms with E-state index in [-0.39, 0.29) is 12.5 Å². The van der Waals surface area contributed by atoms with Crippen LogP contribution in [-0.4, -0.2) is 26.6 Å². The van der Waals surface area contributed by atoms with Crippen molar-refractivity contribution in [2.45, 2.75) is 0 Å². The summed E-state index contributed by atoms with van der Waals surface area (Å²) in [7, 11) is 3.10. The number of nitrogens with zero attached hydrogens (tertiary/aromatic N) is 1. The Balaban J connectivity index is 2.84. The fourth-order valence-corrected chi connectivity index (χ4v) is 1.16. The molecule has 0 radical (unpaired) electrons. The third kappa shape index (κ3) is 2.89. The Morgan fingerprint density at radius 3 is 2.88 bits per heavy atom. The third-order valence-corrected chi connectivity index (χ3v) is 2.07. The minimum atomic E-state index is -0.147. The molecule has 0 aliphatic rings. The average molecular weight is 219 g/mol. The van der Waals surface area contributed by atoms with Gasteiger partial charge in [-0.2, -0.15) is 5.26 Å². The quantitative estimate of drug-likeness (QED) is 0.782. The van der Waals surface area contributed by atoms with Crippen LogP contribution in [0.1, 0.15) is 5.56 Å². The van der Waals surface area contributed by atoms with Crippen LogP contribution >= 0.6 is 0 Å². The molecule has 5 heteroatoms. The molecule has 0 aromatic heterocycles. The predicted octanol–water partition coefficient (Wildman–Crippen LogP) is 0.725. The lowest BCUT2D eigenvalue weighted by Crippen LogP contribution is -2.26. The molecule has 1 amide bonds. The first kappa shape index (κ1) is 11.9. The molecular formula is C11H13N3O2. The Kier molecular flexibility index (Phi) is 4.16. The number of ether oxygens (including phenoxy) is 1. The molecule has 1 rings (SSSR count). The van der Waals surface area contributed by atoms with Crippen LogP contribution in [0.5, 0.6) is 5.75 Å². The smallest absolute Gasteiger partial charge is 0.239 e. The summed E-state index contributed by atoms with van der Waals surface area (Å²) < 4.78 is 5.04. The molecule has 16 heavy (non-hydrogen) atoms. The van der Waals surface area contributed by atoms with Crippen molar-refractivity contribution in [3.63, 3.8) is 0 Å². The molecule has 2 N–H and O–H groups in total. The Bertz CT molecular complexity index is 424. The van der Waals surface area contributed by atoms with E-state index in [0.717, 1.165) is 0 Å². The maximum Gasteiger partial charge on any atom is 0.239 e. The van der Waals surface area contributed by atoms with Crippen molar-refractivity contribution in [2.75, 3.05) is 26.0 Å². The maximum atomic E-state index is 11.1. The summed E-state index contributed by atoms with van der Waals surface area (Å²) in [5, 5.41) is 14.2. The summed E-state index contributed by atoms with van der Waals surface area (Å²) in [5.41, 5.74) is 1.06. The van der Waals surface area contributed by atoms with Gasteiger partial charge in [0, 0.05) is 13.1 Å². The standard InChI is InChI=1S/C11H13N3O2/c1-13-11(15)7-14-10-5-9(16-2)4-3-8(10)6-12/h3-5,14H,7H2,1-2H3,(H,13,15). The van der Waals surface area contributed by atoms with Gasteiger partial charge in [-0.3, -0.25) is 4.79 Å². The van der Waals surface area contributed by atoms with Crippen LogP contribution in [0.15, 0.2) is 18.2 Å². The zero-order chi connectivity index (χ0) is 12.0. The number of carbonyl (C=O) groups is 1. The molecule has 1 aromatic rings. The molecule has 0 heterocycles. The first-order valence-electron chi connectivity index (χ1n) is 4.74. The Morgan fingerprint density at radius 1 is 1.56 bits per heavy atom. The van der Waals surface area contributed by atoms with Gasteiger partial charge < -0.3 is 15.4 Å². The van der Waals surface area contributed by atoms with Crippen molar-refractivity contribution in [1.82, 2.24) is 5.32 Å². The average Bonchev–Trinajstić information content (AvgIpc) is 2.35. The third-order valence-electron chi connectivity index (χ3n) is 2.07. The van der Waals surface area contributed by atoms with Gasteiger partial charge in [0.05, 0.1) is 24.9 Å². The van der Waals surface area contributed by atoms with Crippen LogP contribution in [0.25, 0.3) is 0 Å². The van der Waals surface area contributed by atoms with Crippen molar-refractivity contribution in [2.24, 2.45) is 0 Å². The number of carbonyl (C=O) groups excluding carboxylic acids is 1. The first-order chi connectivity index (χ1) is 7.71. The molecule has 0 unspecified atom stereocenters. The molecule has 0 spiro atoms. The molecule has 0 bridgehead atoms. The summed E-state index contributed by atoms with van der Waals surface area (Å²) in [6, 6.07) is 7.06. The molecule has 84 valence electrons. The Labute approximate surface area is 94.0 Å². The summed E-state index contributed by atoms with van der Waals surface area (Å²) in [5.74, 6) is 0.491. The monoisotopic (exact) mass is 219 g/mol. The number of methoxy groups -OCH3 is 1. The number of rotatable bonds is 4. The van der Waals surface area contributed by atoms with Gasteiger partial charge in [0.25, 0.3) is 0 Å². The zero-order valence-corrected chi connectivity index (χ0v) is 9.20. The number of benzene rings is 1. The van der Waals surface area contributed by atoms with E-state index in [0.29, 0.717) is 17.0 Å². The van der Waals surface area contributed by atoms with Gasteiger partial charge >= 0.3 is 0 Å². The highest BCUT2D eigenvalue weighted by Crippen LogP contribution is 2.21. The number of nitrogens with one attached hydrogen (secondary N) is 2. The van der Waals surface area contributed by atoms with Gasteiger partial charge in [-0.15, -0.1) is 0 Å². The van der Waals surface area contributed by atoms with E-state index in [2.05, 4.69) is 10.6 Å². The number of nitriles is 1. The van der Waals surface area contributed by atoms with Crippen molar-refractivity contribution < 1.29 is 9.53 Å². The number of amides is 1. The highest BCUT2D eigenvalue weighted by Gasteiger charge is 2.05. The van der Waals surface area contributed by atoms with Crippen LogP contribution in [0.4, 0.5) is 5.69 Å². The van der Waals surface area contributed by atoms with Crippen LogP contribution < -0.4 is 15.4 Å². The van der Waals surface area contributed by atoms with Gasteiger partial charge in [-0.05, 0) is 12.1 Å². The lowest BCUT2D eigenvalue weighted by atomic mass is 10.2. The highest BCUT2D eigenvalue weighted by atomic mass is 16.5. The van der Waals surface area contributed by atoms with E-state index in [1.54, 1.807) is 32.4 Å². The highest BCUT2D eigenvalue weighted by molar-refractivity contribution is 5.81. The summed E-state index contributed by atoms with van der Waals surface area (Å²) in [6.45, 7) is 0.123. The number of hydrogen-bond acceptors (Lipinski definition) is 4. The fraction of sp³-hybridized carbons (Fsp3) is 0.273. The van der Waals surface area contributed by atoms with Crippen molar-refractivity contribution in [1.29, 1.82) is 5.26 Å². The number of anilines is 1. The minimum absolute atomic E-state index is 0.123. The molecule has 5 nitrogen and oxygen atoms in total. The molecule has 0 aliphatic carbocycles. The largest absolute Gasteiger partial charge is 0.497 e. The summed E-state index contributed by atoms with van der Waals surface area (Å²) >= 11 is 0. The zero-order valence-electron chi connectivity index (χ0n) is 9.20. The Morgan fingerprint density at radius 2 is 2.31 bits per heavy atom. The second-order valence-corrected chi connectivity index (χ2v) is 3.05. The predicted molar refractivity (Wildman–Crippen MR) is 60.3 cm³/mol. The van der Waals surface area contributed by atoms with E-state index < -0.39 is 0 Å². The van der Waals surface area contributed by atoms with Crippen LogP contribution in [0.2, 0.25) is 0 Å². The van der Waals surface area contributed by atoms with Gasteiger partial charge in [-0.25, -0.2) is 0 Å². The molecule has 0 aliphatic heterocycles. The number of hydrogen-bond donors (Lipinski definition) is 2. The summed E-state index contributed by atoms with van der Waals surface area (Å²) in [6.07, 6.45) is 0. The van der Waals surface area contributed by atoms with Crippen LogP contribution in [0.3, 0.4) is 0 Å². The van der Waals surface area contributed by atoms with Crippen LogP contribution in [-0.2, 0) is 4.79 Å². The van der Waals surface area contributed by atoms with Crippen molar-refractivity contribution >= 4 is 11.6 Å². The fourth-order valence-electron chi connectivity index (χ4n) is 1.16. The van der Waals surface area contributed by atoms with Gasteiger partial charge in [0.1, 0.15) is 11.8 Å². The normalized spacial score (nSPS) is 9.06. The molecule has 0 fully saturated rings. The second kappa shape index (κ2) is 5.61. The SMILES string of the molecule is CNC(=O)CNc1cc(OC)ccc1C#N. The topological polar surface area (TPSA) is 74.2 Å². The van der Waals surface area contributed by atoms with Crippen molar-refractivity contribution in [3.05, 3.63) is 23.8 Å². The minimum Gasteiger partial charge on any atom is -0.497 e. The molecule has 0 saturated carbocycles. The van der Waals surface area contributed by atoms with E-state index >= 15 is 0 Å². The van der Waals surface area contributed by atoms with E-state index in [1.165, 1.54) is 0 Å². The van der Waals surface area contributed by atoms with Crippen LogP contribution in [0, 0.1) is 11.3 Å². The van der Waals surface area contributed by atoms with E-state index in [1.807, 2.05) is 6.07 Å². The van der Waals surface area contributed by atoms with Crippen molar-refractivity contribution in [3.8, 4) is 11.8 Å². The molecule has 0 saturated heterocycles. The Hall–Kier alpha value is -2.22.